The molecular formula is C14H13F4N3O3. The molecule has 1 saturated heterocycles. The quantitative estimate of drug-likeness (QED) is 0.833. The van der Waals surface area contributed by atoms with Crippen molar-refractivity contribution in [1.29, 1.82) is 0 Å². The summed E-state index contributed by atoms with van der Waals surface area (Å²) >= 11 is 0. The average Bonchev–Trinajstić information content (AvgIpc) is 2.92. The number of hydrogen-bond donors (Lipinski definition) is 2. The molecule has 0 amide bonds. The molecule has 0 aliphatic carbocycles. The number of aromatic nitrogens is 1. The number of nitrogens with one attached hydrogen (secondary N) is 2. The molecule has 2 N–H and O–H groups in total. The lowest BCUT2D eigenvalue weighted by atomic mass is 10.0. The van der Waals surface area contributed by atoms with Gasteiger partial charge in [0.2, 0.25) is 5.88 Å². The van der Waals surface area contributed by atoms with Gasteiger partial charge in [-0.15, -0.1) is 13.2 Å². The molecule has 130 valence electrons. The van der Waals surface area contributed by atoms with Crippen LogP contribution in [0.2, 0.25) is 0 Å². The summed E-state index contributed by atoms with van der Waals surface area (Å²) in [6.07, 6.45) is -4.88. The molecule has 24 heavy (non-hydrogen) atoms. The van der Waals surface area contributed by atoms with E-state index in [0.29, 0.717) is 25.0 Å². The lowest BCUT2D eigenvalue weighted by Crippen LogP contribution is -2.46. The summed E-state index contributed by atoms with van der Waals surface area (Å²) < 4.78 is 59.4. The third-order valence-electron chi connectivity index (χ3n) is 3.58. The molecule has 1 fully saturated rings. The molecule has 1 aromatic heterocycles. The molecule has 10 heteroatoms. The number of piperazine rings is 1. The monoisotopic (exact) mass is 347 g/mol. The lowest BCUT2D eigenvalue weighted by molar-refractivity contribution is -0.274. The molecule has 0 spiro atoms. The van der Waals surface area contributed by atoms with Crippen LogP contribution in [0.1, 0.15) is 11.6 Å². The molecule has 0 bridgehead atoms. The van der Waals surface area contributed by atoms with Gasteiger partial charge in [-0.2, -0.15) is 5.16 Å². The normalized spacial score (nSPS) is 18.7. The first-order valence-corrected chi connectivity index (χ1v) is 7.04. The number of anilines is 1. The van der Waals surface area contributed by atoms with Gasteiger partial charge in [-0.1, -0.05) is 6.07 Å². The topological polar surface area (TPSA) is 70.5 Å². The van der Waals surface area contributed by atoms with Crippen LogP contribution in [0.5, 0.6) is 5.75 Å². The number of alkyl halides is 3. The molecule has 0 saturated carbocycles. The Morgan fingerprint density at radius 1 is 1.29 bits per heavy atom. The summed E-state index contributed by atoms with van der Waals surface area (Å²) in [5, 5.41) is 5.25. The number of hydrogen-bond acceptors (Lipinski definition) is 5. The van der Waals surface area contributed by atoms with Crippen molar-refractivity contribution in [3.8, 4) is 5.75 Å². The molecule has 1 aromatic carbocycles. The van der Waals surface area contributed by atoms with Crippen molar-refractivity contribution in [2.75, 3.05) is 24.5 Å². The Balaban J connectivity index is 1.77. The summed E-state index contributed by atoms with van der Waals surface area (Å²) in [6, 6.07) is 3.80. The van der Waals surface area contributed by atoms with E-state index in [1.54, 1.807) is 4.90 Å². The number of aromatic amines is 1. The van der Waals surface area contributed by atoms with E-state index in [2.05, 4.69) is 15.2 Å². The SMILES string of the molecule is O=c1cc(N2CCNC(c3ccc(OC(F)(F)F)cc3F)C2)o[nH]1. The largest absolute Gasteiger partial charge is 0.573 e. The minimum Gasteiger partial charge on any atom is -0.406 e. The smallest absolute Gasteiger partial charge is 0.406 e. The van der Waals surface area contributed by atoms with E-state index in [1.807, 2.05) is 0 Å². The van der Waals surface area contributed by atoms with E-state index in [1.165, 1.54) is 12.1 Å². The maximum Gasteiger partial charge on any atom is 0.573 e. The maximum absolute atomic E-state index is 14.2. The predicted octanol–water partition coefficient (Wildman–Crippen LogP) is 2.16. The number of H-pyrrole nitrogens is 1. The van der Waals surface area contributed by atoms with Gasteiger partial charge >= 0.3 is 6.36 Å². The molecule has 6 nitrogen and oxygen atoms in total. The molecule has 1 aliphatic heterocycles. The molecule has 3 rings (SSSR count). The Bertz CT molecular complexity index is 771. The summed E-state index contributed by atoms with van der Waals surface area (Å²) in [6.45, 7) is 1.31. The minimum absolute atomic E-state index is 0.201. The first-order chi connectivity index (χ1) is 11.3. The fraction of sp³-hybridized carbons (Fsp3) is 0.357. The number of nitrogens with zero attached hydrogens (tertiary/aromatic N) is 1. The van der Waals surface area contributed by atoms with E-state index in [9.17, 15) is 22.4 Å². The van der Waals surface area contributed by atoms with Crippen molar-refractivity contribution in [2.24, 2.45) is 0 Å². The van der Waals surface area contributed by atoms with E-state index in [0.717, 1.165) is 6.07 Å². The summed E-state index contributed by atoms with van der Waals surface area (Å²) in [4.78, 5) is 12.9. The van der Waals surface area contributed by atoms with Crippen LogP contribution in [-0.2, 0) is 0 Å². The van der Waals surface area contributed by atoms with Gasteiger partial charge in [-0.05, 0) is 6.07 Å². The van der Waals surface area contributed by atoms with Gasteiger partial charge in [0.1, 0.15) is 11.6 Å². The highest BCUT2D eigenvalue weighted by Gasteiger charge is 2.32. The van der Waals surface area contributed by atoms with Crippen LogP contribution >= 0.6 is 0 Å². The summed E-state index contributed by atoms with van der Waals surface area (Å²) in [7, 11) is 0. The lowest BCUT2D eigenvalue weighted by Gasteiger charge is -2.33. The highest BCUT2D eigenvalue weighted by Crippen LogP contribution is 2.28. The van der Waals surface area contributed by atoms with Crippen LogP contribution in [0.15, 0.2) is 33.6 Å². The van der Waals surface area contributed by atoms with Crippen LogP contribution in [0.25, 0.3) is 0 Å². The second kappa shape index (κ2) is 6.19. The van der Waals surface area contributed by atoms with E-state index >= 15 is 0 Å². The molecule has 0 radical (unpaired) electrons. The van der Waals surface area contributed by atoms with Gasteiger partial charge < -0.3 is 19.5 Å². The van der Waals surface area contributed by atoms with Crippen molar-refractivity contribution in [2.45, 2.75) is 12.4 Å². The fourth-order valence-corrected chi connectivity index (χ4v) is 2.58. The third-order valence-corrected chi connectivity index (χ3v) is 3.58. The summed E-state index contributed by atoms with van der Waals surface area (Å²) in [5.74, 6) is -1.11. The first-order valence-electron chi connectivity index (χ1n) is 7.04. The zero-order valence-electron chi connectivity index (χ0n) is 12.2. The highest BCUT2D eigenvalue weighted by atomic mass is 19.4. The number of ether oxygens (including phenoxy) is 1. The Kier molecular flexibility index (Phi) is 4.22. The number of halogens is 4. The Morgan fingerprint density at radius 2 is 2.08 bits per heavy atom. The van der Waals surface area contributed by atoms with Gasteiger partial charge in [0.05, 0.1) is 12.1 Å². The van der Waals surface area contributed by atoms with Crippen LogP contribution in [0, 0.1) is 5.82 Å². The van der Waals surface area contributed by atoms with Gasteiger partial charge in [0.25, 0.3) is 5.56 Å². The second-order valence-corrected chi connectivity index (χ2v) is 5.23. The van der Waals surface area contributed by atoms with Crippen LogP contribution in [0.3, 0.4) is 0 Å². The van der Waals surface area contributed by atoms with Gasteiger partial charge in [0.15, 0.2) is 0 Å². The van der Waals surface area contributed by atoms with Gasteiger partial charge in [-0.25, -0.2) is 4.39 Å². The minimum atomic E-state index is -4.88. The second-order valence-electron chi connectivity index (χ2n) is 5.23. The van der Waals surface area contributed by atoms with Crippen molar-refractivity contribution < 1.29 is 26.8 Å². The fourth-order valence-electron chi connectivity index (χ4n) is 2.58. The average molecular weight is 347 g/mol. The molecule has 1 aliphatic rings. The van der Waals surface area contributed by atoms with Crippen LogP contribution < -0.4 is 20.5 Å². The molecular weight excluding hydrogens is 334 g/mol. The Labute approximate surface area is 133 Å². The number of benzene rings is 1. The van der Waals surface area contributed by atoms with Gasteiger partial charge in [-0.3, -0.25) is 4.79 Å². The van der Waals surface area contributed by atoms with E-state index in [4.69, 9.17) is 4.52 Å². The zero-order valence-corrected chi connectivity index (χ0v) is 12.2. The summed E-state index contributed by atoms with van der Waals surface area (Å²) in [5.41, 5.74) is -0.188. The van der Waals surface area contributed by atoms with Gasteiger partial charge in [0, 0.05) is 31.3 Å². The third kappa shape index (κ3) is 3.70. The Morgan fingerprint density at radius 3 is 2.71 bits per heavy atom. The van der Waals surface area contributed by atoms with Crippen molar-refractivity contribution >= 4 is 5.88 Å². The van der Waals surface area contributed by atoms with E-state index < -0.39 is 24.0 Å². The molecule has 2 heterocycles. The van der Waals surface area contributed by atoms with Crippen molar-refractivity contribution in [1.82, 2.24) is 10.5 Å². The van der Waals surface area contributed by atoms with Crippen LogP contribution in [-0.4, -0.2) is 31.2 Å². The molecule has 1 atom stereocenters. The zero-order chi connectivity index (χ0) is 17.3. The standard InChI is InChI=1S/C14H13F4N3O3/c15-10-5-8(23-14(16,17)18)1-2-9(10)11-7-21(4-3-19-11)13-6-12(22)20-24-13/h1-2,5-6,11,19H,3-4,7H2,(H,20,22). The first kappa shape index (κ1) is 16.4. The van der Waals surface area contributed by atoms with Crippen molar-refractivity contribution in [3.63, 3.8) is 0 Å². The Hall–Kier alpha value is -2.49. The number of rotatable bonds is 3. The maximum atomic E-state index is 14.2. The molecule has 2 aromatic rings. The molecule has 1 unspecified atom stereocenters. The van der Waals surface area contributed by atoms with E-state index in [-0.39, 0.29) is 17.7 Å². The predicted molar refractivity (Wildman–Crippen MR) is 75.4 cm³/mol. The van der Waals surface area contributed by atoms with Crippen molar-refractivity contribution in [3.05, 3.63) is 46.0 Å². The highest BCUT2D eigenvalue weighted by molar-refractivity contribution is 5.37. The van der Waals surface area contributed by atoms with Crippen LogP contribution in [0.4, 0.5) is 23.4 Å².